The van der Waals surface area contributed by atoms with Gasteiger partial charge in [-0.05, 0) is 52.0 Å². The maximum atomic E-state index is 12.1. The molecule has 6 heteroatoms. The zero-order valence-corrected chi connectivity index (χ0v) is 11.2. The van der Waals surface area contributed by atoms with Gasteiger partial charge < -0.3 is 9.64 Å². The minimum atomic E-state index is -0.460. The third kappa shape index (κ3) is 2.70. The predicted octanol–water partition coefficient (Wildman–Crippen LogP) is 3.23. The van der Waals surface area contributed by atoms with Crippen LogP contribution < -0.4 is 0 Å². The van der Waals surface area contributed by atoms with Crippen molar-refractivity contribution in [1.29, 1.82) is 0 Å². The van der Waals surface area contributed by atoms with Crippen LogP contribution in [-0.2, 0) is 4.74 Å². The number of amides is 1. The molecule has 0 aliphatic carbocycles. The van der Waals surface area contributed by atoms with Crippen molar-refractivity contribution in [2.45, 2.75) is 70.2 Å². The summed E-state index contributed by atoms with van der Waals surface area (Å²) in [7, 11) is 0. The van der Waals surface area contributed by atoms with Crippen LogP contribution in [0.4, 0.5) is 4.79 Å². The van der Waals surface area contributed by atoms with Crippen molar-refractivity contribution in [3.05, 3.63) is 10.4 Å². The molecule has 2 fully saturated rings. The van der Waals surface area contributed by atoms with Gasteiger partial charge in [0.25, 0.3) is 0 Å². The Bertz CT molecular complexity index is 370. The smallest absolute Gasteiger partial charge is 0.410 e. The predicted molar refractivity (Wildman–Crippen MR) is 67.1 cm³/mol. The van der Waals surface area contributed by atoms with E-state index in [0.717, 1.165) is 25.7 Å². The van der Waals surface area contributed by atoms with Crippen LogP contribution in [0.15, 0.2) is 5.11 Å². The number of nitrogens with zero attached hydrogens (tertiary/aromatic N) is 4. The fourth-order valence-electron chi connectivity index (χ4n) is 2.93. The Labute approximate surface area is 107 Å². The lowest BCUT2D eigenvalue weighted by Gasteiger charge is -2.38. The average Bonchev–Trinajstić information content (AvgIpc) is 2.49. The molecule has 18 heavy (non-hydrogen) atoms. The largest absolute Gasteiger partial charge is 0.444 e. The molecular weight excluding hydrogens is 232 g/mol. The summed E-state index contributed by atoms with van der Waals surface area (Å²) in [6.45, 7) is 5.62. The van der Waals surface area contributed by atoms with E-state index in [1.165, 1.54) is 0 Å². The highest BCUT2D eigenvalue weighted by Crippen LogP contribution is 2.37. The second-order valence-corrected chi connectivity index (χ2v) is 6.10. The lowest BCUT2D eigenvalue weighted by molar-refractivity contribution is 0.00620. The lowest BCUT2D eigenvalue weighted by atomic mass is 9.99. The minimum Gasteiger partial charge on any atom is -0.444 e. The van der Waals surface area contributed by atoms with Gasteiger partial charge in [0.1, 0.15) is 5.60 Å². The summed E-state index contributed by atoms with van der Waals surface area (Å²) in [5.41, 5.74) is 8.03. The maximum Gasteiger partial charge on any atom is 0.410 e. The second-order valence-electron chi connectivity index (χ2n) is 6.10. The maximum absolute atomic E-state index is 12.1. The van der Waals surface area contributed by atoms with E-state index in [1.54, 1.807) is 0 Å². The highest BCUT2D eigenvalue weighted by Gasteiger charge is 2.44. The summed E-state index contributed by atoms with van der Waals surface area (Å²) in [5.74, 6) is 0. The summed E-state index contributed by atoms with van der Waals surface area (Å²) in [6.07, 6.45) is 3.27. The van der Waals surface area contributed by atoms with Gasteiger partial charge in [0.05, 0.1) is 0 Å². The van der Waals surface area contributed by atoms with Gasteiger partial charge in [0.15, 0.2) is 0 Å². The fraction of sp³-hybridized carbons (Fsp3) is 0.917. The fourth-order valence-corrected chi connectivity index (χ4v) is 2.93. The van der Waals surface area contributed by atoms with Crippen molar-refractivity contribution < 1.29 is 9.53 Å². The molecular formula is C12H20N4O2. The number of ether oxygens (including phenoxy) is 1. The van der Waals surface area contributed by atoms with E-state index in [4.69, 9.17) is 10.3 Å². The Balaban J connectivity index is 2.04. The van der Waals surface area contributed by atoms with Gasteiger partial charge >= 0.3 is 6.09 Å². The number of azide groups is 1. The number of piperidine rings is 1. The molecule has 3 atom stereocenters. The summed E-state index contributed by atoms with van der Waals surface area (Å²) in [6, 6.07) is 0.384. The van der Waals surface area contributed by atoms with Crippen LogP contribution in [0.5, 0.6) is 0 Å². The highest BCUT2D eigenvalue weighted by atomic mass is 16.6. The zero-order chi connectivity index (χ0) is 13.3. The van der Waals surface area contributed by atoms with Crippen molar-refractivity contribution in [2.24, 2.45) is 5.11 Å². The van der Waals surface area contributed by atoms with Crippen molar-refractivity contribution in [3.63, 3.8) is 0 Å². The SMILES string of the molecule is CC(C)(C)OC(=O)N1[C@@H]2CC[C@H]1C[C@H](N=[N+]=[N-])C2. The first-order valence-corrected chi connectivity index (χ1v) is 6.46. The first-order chi connectivity index (χ1) is 8.40. The number of fused-ring (bicyclic) bond motifs is 2. The van der Waals surface area contributed by atoms with Gasteiger partial charge in [0, 0.05) is 23.0 Å². The Morgan fingerprint density at radius 2 is 1.89 bits per heavy atom. The minimum absolute atomic E-state index is 0.0335. The molecule has 0 aromatic carbocycles. The zero-order valence-electron chi connectivity index (χ0n) is 11.2. The Kier molecular flexibility index (Phi) is 3.39. The molecule has 2 aliphatic rings. The van der Waals surface area contributed by atoms with Gasteiger partial charge in [-0.2, -0.15) is 0 Å². The number of carbonyl (C=O) groups excluding carboxylic acids is 1. The van der Waals surface area contributed by atoms with Crippen LogP contribution in [0.25, 0.3) is 10.4 Å². The Morgan fingerprint density at radius 3 is 2.33 bits per heavy atom. The summed E-state index contributed by atoms with van der Waals surface area (Å²) < 4.78 is 5.44. The van der Waals surface area contributed by atoms with E-state index in [9.17, 15) is 4.79 Å². The topological polar surface area (TPSA) is 78.3 Å². The van der Waals surface area contributed by atoms with E-state index in [-0.39, 0.29) is 24.2 Å². The standard InChI is InChI=1S/C12H20N4O2/c1-12(2,3)18-11(17)16-9-4-5-10(16)7-8(6-9)14-15-13/h8-10H,4-7H2,1-3H3/t8-,9-,10+. The molecule has 0 N–H and O–H groups in total. The van der Waals surface area contributed by atoms with Crippen LogP contribution >= 0.6 is 0 Å². The molecule has 1 amide bonds. The van der Waals surface area contributed by atoms with E-state index in [2.05, 4.69) is 10.0 Å². The third-order valence-corrected chi connectivity index (χ3v) is 3.53. The summed E-state index contributed by atoms with van der Waals surface area (Å²) >= 11 is 0. The molecule has 0 aromatic rings. The van der Waals surface area contributed by atoms with Crippen LogP contribution in [0.1, 0.15) is 46.5 Å². The average molecular weight is 252 g/mol. The van der Waals surface area contributed by atoms with Crippen molar-refractivity contribution >= 4 is 6.09 Å². The molecule has 0 radical (unpaired) electrons. The van der Waals surface area contributed by atoms with Gasteiger partial charge in [-0.1, -0.05) is 5.11 Å². The molecule has 2 rings (SSSR count). The number of hydrogen-bond donors (Lipinski definition) is 0. The van der Waals surface area contributed by atoms with E-state index < -0.39 is 5.60 Å². The molecule has 2 aliphatic heterocycles. The Morgan fingerprint density at radius 1 is 1.33 bits per heavy atom. The van der Waals surface area contributed by atoms with Crippen molar-refractivity contribution in [1.82, 2.24) is 4.90 Å². The molecule has 2 bridgehead atoms. The normalized spacial score (nSPS) is 30.8. The van der Waals surface area contributed by atoms with Crippen LogP contribution in [0, 0.1) is 0 Å². The molecule has 0 unspecified atom stereocenters. The van der Waals surface area contributed by atoms with Crippen molar-refractivity contribution in [3.8, 4) is 0 Å². The Hall–Kier alpha value is -1.42. The highest BCUT2D eigenvalue weighted by molar-refractivity contribution is 5.69. The van der Waals surface area contributed by atoms with Gasteiger partial charge in [-0.25, -0.2) is 4.79 Å². The molecule has 2 heterocycles. The van der Waals surface area contributed by atoms with Crippen molar-refractivity contribution in [2.75, 3.05) is 0 Å². The second kappa shape index (κ2) is 4.69. The van der Waals surface area contributed by atoms with Gasteiger partial charge in [-0.3, -0.25) is 0 Å². The summed E-state index contributed by atoms with van der Waals surface area (Å²) in [5, 5.41) is 3.79. The number of rotatable bonds is 1. The molecule has 2 saturated heterocycles. The van der Waals surface area contributed by atoms with Gasteiger partial charge in [-0.15, -0.1) is 0 Å². The van der Waals surface area contributed by atoms with E-state index >= 15 is 0 Å². The quantitative estimate of drug-likeness (QED) is 0.408. The summed E-state index contributed by atoms with van der Waals surface area (Å²) in [4.78, 5) is 16.9. The molecule has 0 spiro atoms. The van der Waals surface area contributed by atoms with E-state index in [0.29, 0.717) is 0 Å². The molecule has 0 aromatic heterocycles. The molecule has 6 nitrogen and oxygen atoms in total. The first-order valence-electron chi connectivity index (χ1n) is 6.46. The monoisotopic (exact) mass is 252 g/mol. The third-order valence-electron chi connectivity index (χ3n) is 3.53. The van der Waals surface area contributed by atoms with Crippen LogP contribution in [0.2, 0.25) is 0 Å². The lowest BCUT2D eigenvalue weighted by Crippen LogP contribution is -2.49. The van der Waals surface area contributed by atoms with Crippen LogP contribution in [0.3, 0.4) is 0 Å². The van der Waals surface area contributed by atoms with Crippen LogP contribution in [-0.4, -0.2) is 34.7 Å². The molecule has 100 valence electrons. The number of hydrogen-bond acceptors (Lipinski definition) is 3. The molecule has 0 saturated carbocycles. The van der Waals surface area contributed by atoms with Gasteiger partial charge in [0.2, 0.25) is 0 Å². The van der Waals surface area contributed by atoms with E-state index in [1.807, 2.05) is 25.7 Å². The number of carbonyl (C=O) groups is 1. The first kappa shape index (κ1) is 13.0.